The van der Waals surface area contributed by atoms with Gasteiger partial charge in [0.15, 0.2) is 0 Å². The first-order chi connectivity index (χ1) is 8.75. The van der Waals surface area contributed by atoms with E-state index in [1.807, 2.05) is 33.8 Å². The lowest BCUT2D eigenvalue weighted by Crippen LogP contribution is -2.16. The van der Waals surface area contributed by atoms with Crippen molar-refractivity contribution in [2.45, 2.75) is 39.5 Å². The van der Waals surface area contributed by atoms with Crippen LogP contribution < -0.4 is 0 Å². The monoisotopic (exact) mass is 278 g/mol. The molecule has 1 aromatic carbocycles. The highest BCUT2D eigenvalue weighted by Gasteiger charge is 2.22. The zero-order chi connectivity index (χ0) is 14.4. The van der Waals surface area contributed by atoms with Crippen LogP contribution in [0.15, 0.2) is 23.1 Å². The van der Waals surface area contributed by atoms with Gasteiger partial charge in [-0.05, 0) is 63.4 Å². The van der Waals surface area contributed by atoms with Gasteiger partial charge in [-0.3, -0.25) is 0 Å². The van der Waals surface area contributed by atoms with Gasteiger partial charge in [-0.2, -0.15) is 17.6 Å². The van der Waals surface area contributed by atoms with E-state index in [4.69, 9.17) is 0 Å². The summed E-state index contributed by atoms with van der Waals surface area (Å²) in [5.74, 6) is 0. The Balaban J connectivity index is 2.65. The van der Waals surface area contributed by atoms with Crippen LogP contribution in [-0.4, -0.2) is 17.6 Å². The molecule has 0 N–H and O–H groups in total. The third-order valence-electron chi connectivity index (χ3n) is 3.62. The van der Waals surface area contributed by atoms with Crippen LogP contribution in [0.4, 0.5) is 0 Å². The van der Waals surface area contributed by atoms with Crippen molar-refractivity contribution in [3.05, 3.63) is 46.3 Å². The molecule has 2 aromatic rings. The number of hydrogen-bond donors (Lipinski definition) is 0. The summed E-state index contributed by atoms with van der Waals surface area (Å²) in [6.07, 6.45) is 0. The van der Waals surface area contributed by atoms with E-state index in [1.165, 1.54) is 0 Å². The maximum Gasteiger partial charge on any atom is 0.283 e. The summed E-state index contributed by atoms with van der Waals surface area (Å²) < 4.78 is 26.3. The third-order valence-corrected chi connectivity index (χ3v) is 5.28. The molecule has 0 saturated heterocycles. The van der Waals surface area contributed by atoms with E-state index in [1.54, 1.807) is 19.1 Å². The zero-order valence-electron chi connectivity index (χ0n) is 11.9. The second-order valence-electron chi connectivity index (χ2n) is 4.89. The minimum absolute atomic E-state index is 0.279. The predicted molar refractivity (Wildman–Crippen MR) is 74.9 cm³/mol. The average Bonchev–Trinajstić information content (AvgIpc) is 2.61. The highest BCUT2D eigenvalue weighted by atomic mass is 32.2. The maximum absolute atomic E-state index is 12.6. The van der Waals surface area contributed by atoms with E-state index in [0.717, 1.165) is 26.5 Å². The van der Waals surface area contributed by atoms with Crippen LogP contribution in [0.1, 0.15) is 28.1 Å². The topological polar surface area (TPSA) is 52.0 Å². The molecule has 0 spiro atoms. The first-order valence-corrected chi connectivity index (χ1v) is 7.55. The lowest BCUT2D eigenvalue weighted by Gasteiger charge is -2.08. The first kappa shape index (κ1) is 13.8. The van der Waals surface area contributed by atoms with Gasteiger partial charge in [-0.25, -0.2) is 0 Å². The molecule has 0 saturated carbocycles. The number of aryl methyl sites for hydroxylation is 3. The minimum Gasteiger partial charge on any atom is -0.199 e. The Hall–Kier alpha value is -1.62. The van der Waals surface area contributed by atoms with E-state index in [9.17, 15) is 8.42 Å². The standard InChI is InChI=1S/C14H18N2O2S/c1-9-6-7-14(8-10(9)2)19(17,18)16-13(5)11(3)12(4)15-16/h6-8H,1-5H3. The number of hydrogen-bond acceptors (Lipinski definition) is 3. The largest absolute Gasteiger partial charge is 0.283 e. The van der Waals surface area contributed by atoms with E-state index >= 15 is 0 Å². The van der Waals surface area contributed by atoms with Gasteiger partial charge in [0, 0.05) is 0 Å². The lowest BCUT2D eigenvalue weighted by atomic mass is 10.1. The SMILES string of the molecule is Cc1ccc(S(=O)(=O)n2nc(C)c(C)c2C)cc1C. The van der Waals surface area contributed by atoms with Gasteiger partial charge in [0.2, 0.25) is 0 Å². The normalized spacial score (nSPS) is 11.8. The van der Waals surface area contributed by atoms with Gasteiger partial charge in [0.25, 0.3) is 10.0 Å². The molecule has 1 aromatic heterocycles. The molecule has 4 nitrogen and oxygen atoms in total. The zero-order valence-corrected chi connectivity index (χ0v) is 12.7. The van der Waals surface area contributed by atoms with Crippen LogP contribution in [0.2, 0.25) is 0 Å². The molecular formula is C14H18N2O2S. The van der Waals surface area contributed by atoms with Crippen LogP contribution in [0.3, 0.4) is 0 Å². The van der Waals surface area contributed by atoms with Crippen molar-refractivity contribution >= 4 is 10.0 Å². The van der Waals surface area contributed by atoms with Crippen LogP contribution in [0.5, 0.6) is 0 Å². The van der Waals surface area contributed by atoms with Gasteiger partial charge >= 0.3 is 0 Å². The fourth-order valence-corrected chi connectivity index (χ4v) is 3.39. The highest BCUT2D eigenvalue weighted by Crippen LogP contribution is 2.21. The quantitative estimate of drug-likeness (QED) is 0.848. The second-order valence-corrected chi connectivity index (χ2v) is 6.66. The molecule has 0 aliphatic carbocycles. The van der Waals surface area contributed by atoms with Crippen LogP contribution in [0, 0.1) is 34.6 Å². The molecule has 0 radical (unpaired) electrons. The molecule has 0 amide bonds. The van der Waals surface area contributed by atoms with Crippen LogP contribution >= 0.6 is 0 Å². The van der Waals surface area contributed by atoms with Crippen molar-refractivity contribution in [1.29, 1.82) is 0 Å². The van der Waals surface area contributed by atoms with Crippen molar-refractivity contribution in [2.24, 2.45) is 0 Å². The van der Waals surface area contributed by atoms with Crippen LogP contribution in [0.25, 0.3) is 0 Å². The predicted octanol–water partition coefficient (Wildman–Crippen LogP) is 2.66. The Morgan fingerprint density at radius 3 is 2.11 bits per heavy atom. The maximum atomic E-state index is 12.6. The summed E-state index contributed by atoms with van der Waals surface area (Å²) in [5.41, 5.74) is 4.34. The Kier molecular flexibility index (Phi) is 3.26. The lowest BCUT2D eigenvalue weighted by molar-refractivity contribution is 0.577. The number of benzene rings is 1. The Labute approximate surface area is 114 Å². The van der Waals surface area contributed by atoms with Gasteiger partial charge in [0.05, 0.1) is 16.3 Å². The average molecular weight is 278 g/mol. The van der Waals surface area contributed by atoms with Crippen molar-refractivity contribution in [3.63, 3.8) is 0 Å². The molecule has 19 heavy (non-hydrogen) atoms. The number of rotatable bonds is 2. The molecule has 0 aliphatic heterocycles. The molecule has 0 fully saturated rings. The van der Waals surface area contributed by atoms with E-state index < -0.39 is 10.0 Å². The smallest absolute Gasteiger partial charge is 0.199 e. The van der Waals surface area contributed by atoms with Gasteiger partial charge in [-0.1, -0.05) is 6.07 Å². The van der Waals surface area contributed by atoms with E-state index in [-0.39, 0.29) is 4.90 Å². The Morgan fingerprint density at radius 2 is 1.63 bits per heavy atom. The van der Waals surface area contributed by atoms with Gasteiger partial charge in [-0.15, -0.1) is 0 Å². The summed E-state index contributed by atoms with van der Waals surface area (Å²) in [5, 5.41) is 4.14. The Bertz CT molecular complexity index is 743. The van der Waals surface area contributed by atoms with Gasteiger partial charge in [0.1, 0.15) is 0 Å². The van der Waals surface area contributed by atoms with E-state index in [0.29, 0.717) is 5.69 Å². The molecule has 0 unspecified atom stereocenters. The van der Waals surface area contributed by atoms with Crippen molar-refractivity contribution in [2.75, 3.05) is 0 Å². The van der Waals surface area contributed by atoms with Crippen molar-refractivity contribution in [1.82, 2.24) is 9.19 Å². The molecular weight excluding hydrogens is 260 g/mol. The minimum atomic E-state index is -3.61. The van der Waals surface area contributed by atoms with E-state index in [2.05, 4.69) is 5.10 Å². The molecule has 0 aliphatic rings. The molecule has 0 bridgehead atoms. The number of aromatic nitrogens is 2. The molecule has 102 valence electrons. The molecule has 1 heterocycles. The fraction of sp³-hybridized carbons (Fsp3) is 0.357. The van der Waals surface area contributed by atoms with Crippen molar-refractivity contribution < 1.29 is 8.42 Å². The Morgan fingerprint density at radius 1 is 1.00 bits per heavy atom. The molecule has 5 heteroatoms. The third kappa shape index (κ3) is 2.18. The van der Waals surface area contributed by atoms with Gasteiger partial charge < -0.3 is 0 Å². The first-order valence-electron chi connectivity index (χ1n) is 6.11. The number of nitrogens with zero attached hydrogens (tertiary/aromatic N) is 2. The summed E-state index contributed by atoms with van der Waals surface area (Å²) in [6, 6.07) is 5.14. The second kappa shape index (κ2) is 4.49. The summed E-state index contributed by atoms with van der Waals surface area (Å²) in [7, 11) is -3.61. The van der Waals surface area contributed by atoms with Crippen molar-refractivity contribution in [3.8, 4) is 0 Å². The summed E-state index contributed by atoms with van der Waals surface area (Å²) in [4.78, 5) is 0.279. The molecule has 0 atom stereocenters. The highest BCUT2D eigenvalue weighted by molar-refractivity contribution is 7.89. The molecule has 2 rings (SSSR count). The summed E-state index contributed by atoms with van der Waals surface area (Å²) in [6.45, 7) is 9.33. The van der Waals surface area contributed by atoms with Crippen LogP contribution in [-0.2, 0) is 10.0 Å². The summed E-state index contributed by atoms with van der Waals surface area (Å²) >= 11 is 0. The fourth-order valence-electron chi connectivity index (χ4n) is 1.90.